The molecule has 24 heavy (non-hydrogen) atoms. The minimum Gasteiger partial charge on any atom is -0.348 e. The molecule has 2 heterocycles. The van der Waals surface area contributed by atoms with E-state index in [4.69, 9.17) is 0 Å². The standard InChI is InChI=1S/C19H30N2O2S/c1-12(2)10-17(21-9-7-6-8-18(21)22)19(23)20-14(4)16-11-13(3)24-15(16)5/h11-12,14,17H,6-10H2,1-5H3,(H,20,23)/t14-,17-/m1/s1. The Kier molecular flexibility index (Phi) is 6.44. The minimum atomic E-state index is -0.347. The third-order valence-electron chi connectivity index (χ3n) is 4.64. The highest BCUT2D eigenvalue weighted by Crippen LogP contribution is 2.27. The second-order valence-electron chi connectivity index (χ2n) is 7.29. The fraction of sp³-hybridized carbons (Fsp3) is 0.684. The van der Waals surface area contributed by atoms with Crippen molar-refractivity contribution in [1.29, 1.82) is 0 Å². The van der Waals surface area contributed by atoms with Crippen LogP contribution < -0.4 is 5.32 Å². The molecule has 0 radical (unpaired) electrons. The second kappa shape index (κ2) is 8.15. The van der Waals surface area contributed by atoms with Gasteiger partial charge in [0.05, 0.1) is 6.04 Å². The zero-order valence-electron chi connectivity index (χ0n) is 15.5. The van der Waals surface area contributed by atoms with Crippen LogP contribution in [-0.2, 0) is 9.59 Å². The van der Waals surface area contributed by atoms with Gasteiger partial charge in [0, 0.05) is 22.7 Å². The molecule has 2 atom stereocenters. The lowest BCUT2D eigenvalue weighted by Gasteiger charge is -2.35. The summed E-state index contributed by atoms with van der Waals surface area (Å²) in [7, 11) is 0. The third-order valence-corrected chi connectivity index (χ3v) is 5.62. The topological polar surface area (TPSA) is 49.4 Å². The number of likely N-dealkylation sites (tertiary alicyclic amines) is 1. The molecule has 1 fully saturated rings. The summed E-state index contributed by atoms with van der Waals surface area (Å²) in [6.45, 7) is 11.1. The van der Waals surface area contributed by atoms with Crippen molar-refractivity contribution in [2.24, 2.45) is 5.92 Å². The Labute approximate surface area is 149 Å². The average Bonchev–Trinajstić information content (AvgIpc) is 2.84. The fourth-order valence-electron chi connectivity index (χ4n) is 3.45. The molecule has 0 spiro atoms. The Morgan fingerprint density at radius 2 is 2.00 bits per heavy atom. The van der Waals surface area contributed by atoms with Crippen LogP contribution in [0.4, 0.5) is 0 Å². The van der Waals surface area contributed by atoms with Crippen LogP contribution in [0.2, 0.25) is 0 Å². The number of carbonyl (C=O) groups is 2. The summed E-state index contributed by atoms with van der Waals surface area (Å²) in [5, 5.41) is 3.15. The van der Waals surface area contributed by atoms with E-state index >= 15 is 0 Å². The maximum Gasteiger partial charge on any atom is 0.243 e. The number of rotatable bonds is 6. The summed E-state index contributed by atoms with van der Waals surface area (Å²) in [5.41, 5.74) is 1.18. The number of thiophene rings is 1. The first-order chi connectivity index (χ1) is 11.3. The van der Waals surface area contributed by atoms with Crippen molar-refractivity contribution < 1.29 is 9.59 Å². The van der Waals surface area contributed by atoms with Crippen LogP contribution in [-0.4, -0.2) is 29.3 Å². The molecule has 1 saturated heterocycles. The van der Waals surface area contributed by atoms with E-state index in [0.717, 1.165) is 12.8 Å². The van der Waals surface area contributed by atoms with Gasteiger partial charge in [-0.15, -0.1) is 11.3 Å². The zero-order valence-corrected chi connectivity index (χ0v) is 16.3. The lowest BCUT2D eigenvalue weighted by Crippen LogP contribution is -2.52. The Bertz CT molecular complexity index is 594. The van der Waals surface area contributed by atoms with Gasteiger partial charge in [-0.05, 0) is 57.6 Å². The van der Waals surface area contributed by atoms with Crippen LogP contribution in [0.5, 0.6) is 0 Å². The van der Waals surface area contributed by atoms with Gasteiger partial charge in [-0.2, -0.15) is 0 Å². The van der Waals surface area contributed by atoms with E-state index in [1.807, 2.05) is 6.92 Å². The van der Waals surface area contributed by atoms with E-state index in [-0.39, 0.29) is 23.9 Å². The van der Waals surface area contributed by atoms with Gasteiger partial charge < -0.3 is 10.2 Å². The number of carbonyl (C=O) groups excluding carboxylic acids is 2. The molecule has 1 aliphatic heterocycles. The summed E-state index contributed by atoms with van der Waals surface area (Å²) < 4.78 is 0. The number of aryl methyl sites for hydroxylation is 2. The van der Waals surface area contributed by atoms with Crippen molar-refractivity contribution in [2.45, 2.75) is 72.4 Å². The number of amides is 2. The summed E-state index contributed by atoms with van der Waals surface area (Å²) in [6.07, 6.45) is 3.22. The van der Waals surface area contributed by atoms with Crippen molar-refractivity contribution in [3.63, 3.8) is 0 Å². The lowest BCUT2D eigenvalue weighted by molar-refractivity contribution is -0.143. The molecule has 4 nitrogen and oxygen atoms in total. The average molecular weight is 351 g/mol. The third kappa shape index (κ3) is 4.59. The van der Waals surface area contributed by atoms with Gasteiger partial charge in [-0.3, -0.25) is 9.59 Å². The van der Waals surface area contributed by atoms with Gasteiger partial charge in [0.1, 0.15) is 6.04 Å². The number of hydrogen-bond donors (Lipinski definition) is 1. The summed E-state index contributed by atoms with van der Waals surface area (Å²) in [5.74, 6) is 0.475. The molecule has 1 aliphatic rings. The highest BCUT2D eigenvalue weighted by atomic mass is 32.1. The van der Waals surface area contributed by atoms with Gasteiger partial charge in [-0.1, -0.05) is 13.8 Å². The molecule has 1 N–H and O–H groups in total. The monoisotopic (exact) mass is 350 g/mol. The Morgan fingerprint density at radius 3 is 2.54 bits per heavy atom. The first-order valence-electron chi connectivity index (χ1n) is 8.96. The van der Waals surface area contributed by atoms with Gasteiger partial charge in [0.2, 0.25) is 11.8 Å². The predicted molar refractivity (Wildman–Crippen MR) is 99.2 cm³/mol. The highest BCUT2D eigenvalue weighted by molar-refractivity contribution is 7.12. The summed E-state index contributed by atoms with van der Waals surface area (Å²) in [6, 6.07) is 1.77. The zero-order chi connectivity index (χ0) is 17.9. The second-order valence-corrected chi connectivity index (χ2v) is 8.75. The predicted octanol–water partition coefficient (Wildman–Crippen LogP) is 3.97. The van der Waals surface area contributed by atoms with E-state index in [2.05, 4.69) is 39.1 Å². The molecular weight excluding hydrogens is 320 g/mol. The number of nitrogens with zero attached hydrogens (tertiary/aromatic N) is 1. The molecule has 5 heteroatoms. The van der Waals surface area contributed by atoms with Crippen molar-refractivity contribution in [3.05, 3.63) is 21.4 Å². The molecule has 1 aromatic heterocycles. The van der Waals surface area contributed by atoms with Crippen LogP contribution >= 0.6 is 11.3 Å². The largest absolute Gasteiger partial charge is 0.348 e. The number of hydrogen-bond acceptors (Lipinski definition) is 3. The van der Waals surface area contributed by atoms with Crippen molar-refractivity contribution in [3.8, 4) is 0 Å². The van der Waals surface area contributed by atoms with E-state index in [9.17, 15) is 9.59 Å². The van der Waals surface area contributed by atoms with Crippen molar-refractivity contribution in [2.75, 3.05) is 6.54 Å². The maximum atomic E-state index is 12.9. The fourth-order valence-corrected chi connectivity index (χ4v) is 4.47. The van der Waals surface area contributed by atoms with Crippen molar-refractivity contribution >= 4 is 23.2 Å². The molecule has 0 bridgehead atoms. The molecule has 0 unspecified atom stereocenters. The molecular formula is C19H30N2O2S. The lowest BCUT2D eigenvalue weighted by atomic mass is 9.98. The maximum absolute atomic E-state index is 12.9. The molecule has 2 amide bonds. The van der Waals surface area contributed by atoms with E-state index in [0.29, 0.717) is 25.3 Å². The summed E-state index contributed by atoms with van der Waals surface area (Å²) in [4.78, 5) is 29.5. The van der Waals surface area contributed by atoms with Gasteiger partial charge in [-0.25, -0.2) is 0 Å². The van der Waals surface area contributed by atoms with Gasteiger partial charge >= 0.3 is 0 Å². The molecule has 134 valence electrons. The number of nitrogens with one attached hydrogen (secondary N) is 1. The quantitative estimate of drug-likeness (QED) is 0.844. The molecule has 1 aromatic rings. The van der Waals surface area contributed by atoms with E-state index < -0.39 is 0 Å². The van der Waals surface area contributed by atoms with E-state index in [1.54, 1.807) is 16.2 Å². The van der Waals surface area contributed by atoms with Crippen LogP contribution in [0.15, 0.2) is 6.07 Å². The Balaban J connectivity index is 2.12. The van der Waals surface area contributed by atoms with Crippen LogP contribution in [0.25, 0.3) is 0 Å². The van der Waals surface area contributed by atoms with Crippen LogP contribution in [0.3, 0.4) is 0 Å². The Morgan fingerprint density at radius 1 is 1.29 bits per heavy atom. The molecule has 0 saturated carbocycles. The smallest absolute Gasteiger partial charge is 0.243 e. The van der Waals surface area contributed by atoms with Crippen molar-refractivity contribution in [1.82, 2.24) is 10.2 Å². The highest BCUT2D eigenvalue weighted by Gasteiger charge is 2.32. The minimum absolute atomic E-state index is 0.0188. The first kappa shape index (κ1) is 19.0. The summed E-state index contributed by atoms with van der Waals surface area (Å²) >= 11 is 1.76. The van der Waals surface area contributed by atoms with Crippen LogP contribution in [0.1, 0.15) is 67.8 Å². The first-order valence-corrected chi connectivity index (χ1v) is 9.78. The SMILES string of the molecule is Cc1cc([C@@H](C)NC(=O)[C@@H](CC(C)C)N2CCCCC2=O)c(C)s1. The van der Waals surface area contributed by atoms with E-state index in [1.165, 1.54) is 15.3 Å². The molecule has 2 rings (SSSR count). The van der Waals surface area contributed by atoms with Gasteiger partial charge in [0.15, 0.2) is 0 Å². The van der Waals surface area contributed by atoms with Gasteiger partial charge in [0.25, 0.3) is 0 Å². The van der Waals surface area contributed by atoms with Crippen LogP contribution in [0, 0.1) is 19.8 Å². The Hall–Kier alpha value is -1.36. The normalized spacial score (nSPS) is 17.9. The number of piperidine rings is 1. The molecule has 0 aromatic carbocycles. The molecule has 0 aliphatic carbocycles.